The van der Waals surface area contributed by atoms with Crippen LogP contribution in [0.25, 0.3) is 0 Å². The van der Waals surface area contributed by atoms with Gasteiger partial charge in [0.2, 0.25) is 0 Å². The highest BCUT2D eigenvalue weighted by Crippen LogP contribution is 2.43. The third kappa shape index (κ3) is 7.33. The number of benzene rings is 1. The van der Waals surface area contributed by atoms with Crippen molar-refractivity contribution in [3.05, 3.63) is 22.8 Å². The zero-order valence-corrected chi connectivity index (χ0v) is 25.1. The Bertz CT molecular complexity index is 1270. The van der Waals surface area contributed by atoms with Crippen molar-refractivity contribution in [3.63, 3.8) is 0 Å². The van der Waals surface area contributed by atoms with E-state index in [1.807, 2.05) is 13.8 Å². The summed E-state index contributed by atoms with van der Waals surface area (Å²) in [5.41, 5.74) is 0.239. The smallest absolute Gasteiger partial charge is 0.342 e. The first-order valence-corrected chi connectivity index (χ1v) is 13.7. The molecule has 0 radical (unpaired) electrons. The van der Waals surface area contributed by atoms with Crippen molar-refractivity contribution in [2.24, 2.45) is 11.3 Å². The molecule has 2 aliphatic heterocycles. The van der Waals surface area contributed by atoms with Gasteiger partial charge in [-0.1, -0.05) is 20.8 Å². The van der Waals surface area contributed by atoms with Crippen LogP contribution in [0.1, 0.15) is 82.8 Å². The van der Waals surface area contributed by atoms with Crippen LogP contribution >= 0.6 is 0 Å². The molecule has 0 bridgehead atoms. The minimum Gasteiger partial charge on any atom is -0.462 e. The summed E-state index contributed by atoms with van der Waals surface area (Å²) >= 11 is 0. The molecule has 2 aliphatic rings. The number of ether oxygens (including phenoxy) is 6. The van der Waals surface area contributed by atoms with E-state index in [1.165, 1.54) is 33.8 Å². The first-order valence-electron chi connectivity index (χ1n) is 13.7. The molecule has 0 amide bonds. The van der Waals surface area contributed by atoms with Crippen molar-refractivity contribution in [3.8, 4) is 11.5 Å². The van der Waals surface area contributed by atoms with Crippen LogP contribution in [0.5, 0.6) is 11.5 Å². The molecule has 0 saturated carbocycles. The van der Waals surface area contributed by atoms with Gasteiger partial charge in [-0.3, -0.25) is 19.2 Å². The predicted octanol–water partition coefficient (Wildman–Crippen LogP) is 3.20. The minimum atomic E-state index is -0.834. The van der Waals surface area contributed by atoms with E-state index < -0.39 is 71.7 Å². The maximum Gasteiger partial charge on any atom is 0.342 e. The van der Waals surface area contributed by atoms with Crippen molar-refractivity contribution < 1.29 is 57.2 Å². The van der Waals surface area contributed by atoms with Gasteiger partial charge in [-0.25, -0.2) is 4.79 Å². The van der Waals surface area contributed by atoms with Gasteiger partial charge in [0.05, 0.1) is 6.10 Å². The second-order valence-electron chi connectivity index (χ2n) is 11.4. The van der Waals surface area contributed by atoms with Crippen LogP contribution in [-0.2, 0) is 49.3 Å². The Labute approximate surface area is 244 Å². The van der Waals surface area contributed by atoms with Crippen molar-refractivity contribution in [2.75, 3.05) is 0 Å². The molecule has 1 saturated heterocycles. The Balaban J connectivity index is 1.97. The summed E-state index contributed by atoms with van der Waals surface area (Å²) in [6.45, 7) is 12.1. The topological polar surface area (TPSA) is 158 Å². The number of cyclic esters (lactones) is 1. The van der Waals surface area contributed by atoms with Crippen LogP contribution in [0, 0.1) is 18.3 Å². The van der Waals surface area contributed by atoms with Gasteiger partial charge >= 0.3 is 29.8 Å². The Hall–Kier alpha value is -3.80. The van der Waals surface area contributed by atoms with E-state index in [0.717, 1.165) is 0 Å². The number of esters is 5. The second-order valence-corrected chi connectivity index (χ2v) is 11.4. The van der Waals surface area contributed by atoms with E-state index in [1.54, 1.807) is 13.8 Å². The highest BCUT2D eigenvalue weighted by Gasteiger charge is 2.49. The summed E-state index contributed by atoms with van der Waals surface area (Å²) in [5.74, 6) is -3.64. The first-order chi connectivity index (χ1) is 19.5. The van der Waals surface area contributed by atoms with E-state index in [-0.39, 0.29) is 36.3 Å². The fraction of sp³-hybridized carbons (Fsp3) is 0.600. The lowest BCUT2D eigenvalue weighted by atomic mass is 9.73. The molecule has 42 heavy (non-hydrogen) atoms. The maximum atomic E-state index is 13.3. The molecule has 12 nitrogen and oxygen atoms in total. The largest absolute Gasteiger partial charge is 0.462 e. The fourth-order valence-electron chi connectivity index (χ4n) is 5.54. The summed E-state index contributed by atoms with van der Waals surface area (Å²) < 4.78 is 33.7. The van der Waals surface area contributed by atoms with Gasteiger partial charge in [-0.15, -0.1) is 0 Å². The third-order valence-corrected chi connectivity index (χ3v) is 7.85. The Morgan fingerprint density at radius 1 is 1.02 bits per heavy atom. The summed E-state index contributed by atoms with van der Waals surface area (Å²) in [5, 5.41) is 0. The molecule has 1 aromatic rings. The van der Waals surface area contributed by atoms with Crippen LogP contribution in [0.4, 0.5) is 0 Å². The van der Waals surface area contributed by atoms with Gasteiger partial charge in [0.1, 0.15) is 47.8 Å². The lowest BCUT2D eigenvalue weighted by molar-refractivity contribution is -0.202. The number of hydrogen-bond acceptors (Lipinski definition) is 12. The molecule has 230 valence electrons. The lowest BCUT2D eigenvalue weighted by Crippen LogP contribution is -2.54. The van der Waals surface area contributed by atoms with Crippen LogP contribution in [0.3, 0.4) is 0 Å². The van der Waals surface area contributed by atoms with Crippen LogP contribution < -0.4 is 9.47 Å². The van der Waals surface area contributed by atoms with Gasteiger partial charge in [0.25, 0.3) is 0 Å². The quantitative estimate of drug-likeness (QED) is 0.179. The van der Waals surface area contributed by atoms with Gasteiger partial charge in [-0.05, 0) is 18.1 Å². The molecular weight excluding hydrogens is 552 g/mol. The average molecular weight is 591 g/mol. The normalized spacial score (nSPS) is 24.2. The van der Waals surface area contributed by atoms with E-state index in [9.17, 15) is 28.8 Å². The zero-order valence-electron chi connectivity index (χ0n) is 25.1. The first kappa shape index (κ1) is 32.7. The second kappa shape index (κ2) is 13.0. The number of aldehydes is 1. The van der Waals surface area contributed by atoms with Crippen molar-refractivity contribution >= 4 is 36.1 Å². The summed E-state index contributed by atoms with van der Waals surface area (Å²) in [7, 11) is 0. The number of hydrogen-bond donors (Lipinski definition) is 0. The van der Waals surface area contributed by atoms with E-state index in [0.29, 0.717) is 17.4 Å². The molecule has 0 aromatic heterocycles. The average Bonchev–Trinajstić information content (AvgIpc) is 2.86. The minimum absolute atomic E-state index is 0.0425. The molecule has 0 unspecified atom stereocenters. The third-order valence-electron chi connectivity index (χ3n) is 7.85. The van der Waals surface area contributed by atoms with Gasteiger partial charge < -0.3 is 33.2 Å². The van der Waals surface area contributed by atoms with Crippen LogP contribution in [0.15, 0.2) is 6.07 Å². The standard InChI is InChI=1S/C30H38O12/c1-14-21-10-22(42-29(36)28(21)25(39-18(5)34)11-23(14)37-16(3)32)15(2)24(38-17(4)33)12-27-30(7,8)26(40-19(6)35)9-20(13-31)41-27/h11,13,15,20,22,24,26-27H,9-10,12H2,1-8H3/t15-,20-,22+,24-,26+,27+/m0/s1. The fourth-order valence-corrected chi connectivity index (χ4v) is 5.54. The van der Waals surface area contributed by atoms with Crippen LogP contribution in [0.2, 0.25) is 0 Å². The Kier molecular flexibility index (Phi) is 10.1. The molecule has 1 fully saturated rings. The molecule has 0 aliphatic carbocycles. The summed E-state index contributed by atoms with van der Waals surface area (Å²) in [6, 6.07) is 1.30. The van der Waals surface area contributed by atoms with E-state index in [2.05, 4.69) is 0 Å². The molecule has 12 heteroatoms. The molecule has 0 spiro atoms. The lowest BCUT2D eigenvalue weighted by Gasteiger charge is -2.47. The summed E-state index contributed by atoms with van der Waals surface area (Å²) in [4.78, 5) is 72.5. The van der Waals surface area contributed by atoms with Gasteiger partial charge in [-0.2, -0.15) is 0 Å². The van der Waals surface area contributed by atoms with E-state index >= 15 is 0 Å². The van der Waals surface area contributed by atoms with Crippen molar-refractivity contribution in [1.29, 1.82) is 0 Å². The maximum absolute atomic E-state index is 13.3. The Morgan fingerprint density at radius 2 is 1.64 bits per heavy atom. The monoisotopic (exact) mass is 590 g/mol. The molecule has 1 aromatic carbocycles. The van der Waals surface area contributed by atoms with Crippen LogP contribution in [-0.4, -0.2) is 66.7 Å². The predicted molar refractivity (Wildman–Crippen MR) is 145 cm³/mol. The van der Waals surface area contributed by atoms with Crippen molar-refractivity contribution in [1.82, 2.24) is 0 Å². The molecular formula is C30H38O12. The Morgan fingerprint density at radius 3 is 2.19 bits per heavy atom. The molecule has 3 rings (SSSR count). The zero-order chi connectivity index (χ0) is 31.5. The molecule has 0 N–H and O–H groups in total. The van der Waals surface area contributed by atoms with Gasteiger partial charge in [0.15, 0.2) is 0 Å². The summed E-state index contributed by atoms with van der Waals surface area (Å²) in [6.07, 6.45) is -2.68. The highest BCUT2D eigenvalue weighted by molar-refractivity contribution is 5.97. The highest BCUT2D eigenvalue weighted by atomic mass is 16.6. The number of fused-ring (bicyclic) bond motifs is 1. The SMILES string of the molecule is CC(=O)Oc1cc(OC(C)=O)c2c(c1C)C[C@H]([C@H](C)[C@H](C[C@H]1O[C@H](C=O)C[C@@H](OC(C)=O)C1(C)C)OC(C)=O)OC2=O. The number of carbonyl (C=O) groups excluding carboxylic acids is 6. The molecule has 2 heterocycles. The van der Waals surface area contributed by atoms with E-state index in [4.69, 9.17) is 28.4 Å². The molecule has 6 atom stereocenters. The van der Waals surface area contributed by atoms with Crippen molar-refractivity contribution in [2.45, 2.75) is 105 Å². The number of carbonyl (C=O) groups is 6. The van der Waals surface area contributed by atoms with Gasteiger partial charge in [0, 0.05) is 64.4 Å². The number of rotatable bonds is 9.